The van der Waals surface area contributed by atoms with E-state index in [-0.39, 0.29) is 18.5 Å². The first-order valence-electron chi connectivity index (χ1n) is 3.36. The molecule has 1 atom stereocenters. The normalized spacial score (nSPS) is 27.9. The molecule has 1 rings (SSSR count). The Bertz CT molecular complexity index is 74.1. The van der Waals surface area contributed by atoms with Gasteiger partial charge in [-0.05, 0) is 13.0 Å². The zero-order chi connectivity index (χ0) is 6.53. The van der Waals surface area contributed by atoms with Gasteiger partial charge in [-0.3, -0.25) is 0 Å². The second-order valence-electron chi connectivity index (χ2n) is 2.29. The minimum absolute atomic E-state index is 0. The van der Waals surface area contributed by atoms with Crippen LogP contribution in [-0.2, 0) is 4.74 Å². The SMILES string of the molecule is Cl.OC1CNCCCOC1. The molecular weight excluding hydrogens is 154 g/mol. The molecule has 0 aromatic heterocycles. The van der Waals surface area contributed by atoms with Gasteiger partial charge in [0.25, 0.3) is 0 Å². The van der Waals surface area contributed by atoms with Crippen LogP contribution in [0.25, 0.3) is 0 Å². The fraction of sp³-hybridized carbons (Fsp3) is 1.00. The van der Waals surface area contributed by atoms with Crippen molar-refractivity contribution in [2.75, 3.05) is 26.3 Å². The van der Waals surface area contributed by atoms with E-state index in [1.54, 1.807) is 0 Å². The van der Waals surface area contributed by atoms with Gasteiger partial charge in [0.2, 0.25) is 0 Å². The predicted molar refractivity (Wildman–Crippen MR) is 41.6 cm³/mol. The maximum atomic E-state index is 9.03. The first-order valence-corrected chi connectivity index (χ1v) is 3.36. The molecule has 1 aliphatic rings. The van der Waals surface area contributed by atoms with Crippen LogP contribution in [-0.4, -0.2) is 37.5 Å². The van der Waals surface area contributed by atoms with E-state index >= 15 is 0 Å². The van der Waals surface area contributed by atoms with Gasteiger partial charge < -0.3 is 15.2 Å². The maximum Gasteiger partial charge on any atom is 0.0897 e. The zero-order valence-corrected chi connectivity index (χ0v) is 6.69. The van der Waals surface area contributed by atoms with E-state index in [0.29, 0.717) is 13.2 Å². The fourth-order valence-electron chi connectivity index (χ4n) is 0.846. The van der Waals surface area contributed by atoms with Crippen LogP contribution in [0.4, 0.5) is 0 Å². The van der Waals surface area contributed by atoms with Crippen molar-refractivity contribution in [2.45, 2.75) is 12.5 Å². The van der Waals surface area contributed by atoms with Crippen molar-refractivity contribution in [1.82, 2.24) is 5.32 Å². The third kappa shape index (κ3) is 4.06. The van der Waals surface area contributed by atoms with E-state index in [1.165, 1.54) is 0 Å². The molecule has 1 unspecified atom stereocenters. The van der Waals surface area contributed by atoms with E-state index in [0.717, 1.165) is 19.6 Å². The Morgan fingerprint density at radius 3 is 3.10 bits per heavy atom. The highest BCUT2D eigenvalue weighted by atomic mass is 35.5. The Hall–Kier alpha value is 0.170. The van der Waals surface area contributed by atoms with Gasteiger partial charge >= 0.3 is 0 Å². The summed E-state index contributed by atoms with van der Waals surface area (Å²) in [4.78, 5) is 0. The van der Waals surface area contributed by atoms with E-state index in [2.05, 4.69) is 5.32 Å². The molecule has 0 aromatic carbocycles. The van der Waals surface area contributed by atoms with Gasteiger partial charge in [0.15, 0.2) is 0 Å². The standard InChI is InChI=1S/C6H13NO2.ClH/c8-6-4-7-2-1-3-9-5-6;/h6-8H,1-5H2;1H. The molecule has 62 valence electrons. The van der Waals surface area contributed by atoms with Crippen LogP contribution in [0.1, 0.15) is 6.42 Å². The van der Waals surface area contributed by atoms with Crippen LogP contribution in [0.5, 0.6) is 0 Å². The number of aliphatic hydroxyl groups excluding tert-OH is 1. The van der Waals surface area contributed by atoms with Gasteiger partial charge in [-0.2, -0.15) is 0 Å². The first-order chi connectivity index (χ1) is 4.39. The summed E-state index contributed by atoms with van der Waals surface area (Å²) in [7, 11) is 0. The molecule has 4 heteroatoms. The lowest BCUT2D eigenvalue weighted by atomic mass is 10.3. The monoisotopic (exact) mass is 167 g/mol. The summed E-state index contributed by atoms with van der Waals surface area (Å²) in [6, 6.07) is 0. The predicted octanol–water partition coefficient (Wildman–Crippen LogP) is -0.221. The Morgan fingerprint density at radius 1 is 1.50 bits per heavy atom. The molecule has 10 heavy (non-hydrogen) atoms. The minimum atomic E-state index is -0.315. The van der Waals surface area contributed by atoms with Crippen molar-refractivity contribution >= 4 is 12.4 Å². The first kappa shape index (κ1) is 10.2. The van der Waals surface area contributed by atoms with Crippen molar-refractivity contribution < 1.29 is 9.84 Å². The van der Waals surface area contributed by atoms with E-state index in [4.69, 9.17) is 9.84 Å². The summed E-state index contributed by atoms with van der Waals surface area (Å²) < 4.78 is 5.10. The van der Waals surface area contributed by atoms with E-state index in [9.17, 15) is 0 Å². The van der Waals surface area contributed by atoms with Gasteiger partial charge in [0.05, 0.1) is 12.7 Å². The lowest BCUT2D eigenvalue weighted by Crippen LogP contribution is -2.34. The number of nitrogens with one attached hydrogen (secondary N) is 1. The molecule has 1 heterocycles. The number of hydrogen-bond donors (Lipinski definition) is 2. The third-order valence-electron chi connectivity index (χ3n) is 1.33. The molecule has 3 nitrogen and oxygen atoms in total. The summed E-state index contributed by atoms with van der Waals surface area (Å²) in [6.45, 7) is 2.87. The highest BCUT2D eigenvalue weighted by Crippen LogP contribution is 1.90. The average Bonchev–Trinajstić information content (AvgIpc) is 1.79. The van der Waals surface area contributed by atoms with Gasteiger partial charge in [-0.1, -0.05) is 0 Å². The van der Waals surface area contributed by atoms with Crippen LogP contribution in [0, 0.1) is 0 Å². The molecule has 0 radical (unpaired) electrons. The molecule has 1 aliphatic heterocycles. The quantitative estimate of drug-likeness (QED) is 0.524. The third-order valence-corrected chi connectivity index (χ3v) is 1.33. The Labute approximate surface area is 67.2 Å². The topological polar surface area (TPSA) is 41.5 Å². The van der Waals surface area contributed by atoms with Gasteiger partial charge in [0.1, 0.15) is 0 Å². The smallest absolute Gasteiger partial charge is 0.0897 e. The Morgan fingerprint density at radius 2 is 2.30 bits per heavy atom. The van der Waals surface area contributed by atoms with Crippen molar-refractivity contribution in [3.8, 4) is 0 Å². The zero-order valence-electron chi connectivity index (χ0n) is 5.88. The highest BCUT2D eigenvalue weighted by Gasteiger charge is 2.05. The lowest BCUT2D eigenvalue weighted by molar-refractivity contribution is 0.0269. The van der Waals surface area contributed by atoms with Crippen molar-refractivity contribution in [3.63, 3.8) is 0 Å². The summed E-state index contributed by atoms with van der Waals surface area (Å²) in [5.74, 6) is 0. The number of ether oxygens (including phenoxy) is 1. The number of β-amino-alcohol motifs (C(OH)–C–C–N with tert-alkyl or cyclic N) is 1. The number of halogens is 1. The largest absolute Gasteiger partial charge is 0.389 e. The minimum Gasteiger partial charge on any atom is -0.389 e. The van der Waals surface area contributed by atoms with Gasteiger partial charge in [0, 0.05) is 13.2 Å². The molecular formula is C6H14ClNO2. The molecule has 0 aromatic rings. The summed E-state index contributed by atoms with van der Waals surface area (Å²) in [6.07, 6.45) is 0.734. The van der Waals surface area contributed by atoms with Crippen LogP contribution < -0.4 is 5.32 Å². The molecule has 0 amide bonds. The summed E-state index contributed by atoms with van der Waals surface area (Å²) in [5, 5.41) is 12.1. The highest BCUT2D eigenvalue weighted by molar-refractivity contribution is 5.85. The Kier molecular flexibility index (Phi) is 6.02. The maximum absolute atomic E-state index is 9.03. The van der Waals surface area contributed by atoms with Gasteiger partial charge in [-0.25, -0.2) is 0 Å². The number of hydrogen-bond acceptors (Lipinski definition) is 3. The van der Waals surface area contributed by atoms with Crippen molar-refractivity contribution in [3.05, 3.63) is 0 Å². The lowest BCUT2D eigenvalue weighted by Gasteiger charge is -2.15. The van der Waals surface area contributed by atoms with E-state index in [1.807, 2.05) is 0 Å². The van der Waals surface area contributed by atoms with Gasteiger partial charge in [-0.15, -0.1) is 12.4 Å². The second kappa shape index (κ2) is 5.92. The number of rotatable bonds is 0. The molecule has 0 bridgehead atoms. The van der Waals surface area contributed by atoms with Crippen LogP contribution >= 0.6 is 12.4 Å². The van der Waals surface area contributed by atoms with E-state index < -0.39 is 0 Å². The Balaban J connectivity index is 0.000000810. The molecule has 1 fully saturated rings. The second-order valence-corrected chi connectivity index (χ2v) is 2.29. The van der Waals surface area contributed by atoms with Crippen LogP contribution in [0.2, 0.25) is 0 Å². The molecule has 2 N–H and O–H groups in total. The van der Waals surface area contributed by atoms with Crippen molar-refractivity contribution in [1.29, 1.82) is 0 Å². The number of aliphatic hydroxyl groups is 1. The van der Waals surface area contributed by atoms with Crippen LogP contribution in [0.15, 0.2) is 0 Å². The molecule has 0 aliphatic carbocycles. The summed E-state index contributed by atoms with van der Waals surface area (Å²) in [5.41, 5.74) is 0. The van der Waals surface area contributed by atoms with Crippen LogP contribution in [0.3, 0.4) is 0 Å². The molecule has 0 saturated carbocycles. The van der Waals surface area contributed by atoms with Crippen molar-refractivity contribution in [2.24, 2.45) is 0 Å². The molecule has 1 saturated heterocycles. The molecule has 0 spiro atoms. The average molecular weight is 168 g/mol. The summed E-state index contributed by atoms with van der Waals surface area (Å²) >= 11 is 0. The fourth-order valence-corrected chi connectivity index (χ4v) is 0.846.